The highest BCUT2D eigenvalue weighted by Crippen LogP contribution is 2.26. The number of rotatable bonds is 16. The van der Waals surface area contributed by atoms with Crippen LogP contribution in [0.2, 0.25) is 0 Å². The highest BCUT2D eigenvalue weighted by molar-refractivity contribution is 9.10. The van der Waals surface area contributed by atoms with Gasteiger partial charge in [0.25, 0.3) is 11.8 Å². The Hall–Kier alpha value is -4.53. The summed E-state index contributed by atoms with van der Waals surface area (Å²) >= 11 is 3.43. The van der Waals surface area contributed by atoms with Crippen molar-refractivity contribution in [3.05, 3.63) is 117 Å². The number of hydrogen-bond acceptors (Lipinski definition) is 7. The maximum atomic E-state index is 14.1. The van der Waals surface area contributed by atoms with Crippen LogP contribution in [-0.2, 0) is 21.4 Å². The number of aromatic nitrogens is 1. The van der Waals surface area contributed by atoms with Gasteiger partial charge in [0.1, 0.15) is 0 Å². The minimum atomic E-state index is -3.87. The fraction of sp³-hybridized carbons (Fsp3) is 0.415. The van der Waals surface area contributed by atoms with Crippen LogP contribution in [0.15, 0.2) is 94.8 Å². The first-order chi connectivity index (χ1) is 26.3. The van der Waals surface area contributed by atoms with E-state index >= 15 is 0 Å². The summed E-state index contributed by atoms with van der Waals surface area (Å²) in [7, 11) is -3.87. The molecule has 1 saturated heterocycles. The summed E-state index contributed by atoms with van der Waals surface area (Å²) < 4.78 is 30.8. The second-order valence-electron chi connectivity index (χ2n) is 14.4. The highest BCUT2D eigenvalue weighted by atomic mass is 79.9. The lowest BCUT2D eigenvalue weighted by atomic mass is 9.95. The molecule has 3 aromatic rings. The van der Waals surface area contributed by atoms with Gasteiger partial charge in [0.15, 0.2) is 0 Å². The summed E-state index contributed by atoms with van der Waals surface area (Å²) in [6.07, 6.45) is 11.1. The molecule has 1 aromatic heterocycles. The number of halogens is 1. The number of unbranched alkanes of at least 4 members (excludes halogenated alkanes) is 1. The van der Waals surface area contributed by atoms with E-state index in [0.717, 1.165) is 52.7 Å². The monoisotopic (exact) mass is 833 g/mol. The fourth-order valence-corrected chi connectivity index (χ4v) is 8.31. The summed E-state index contributed by atoms with van der Waals surface area (Å²) in [4.78, 5) is 45.2. The molecule has 2 heterocycles. The van der Waals surface area contributed by atoms with Crippen molar-refractivity contribution in [1.29, 1.82) is 0 Å². The number of pyridine rings is 1. The zero-order chi connectivity index (χ0) is 39.5. The molecule has 12 nitrogen and oxygen atoms in total. The molecule has 4 atom stereocenters. The Kier molecular flexibility index (Phi) is 14.7. The van der Waals surface area contributed by atoms with Crippen LogP contribution in [0, 0.1) is 5.92 Å². The summed E-state index contributed by atoms with van der Waals surface area (Å²) in [5, 5.41) is 9.27. The van der Waals surface area contributed by atoms with Crippen molar-refractivity contribution in [2.24, 2.45) is 11.7 Å². The van der Waals surface area contributed by atoms with Crippen molar-refractivity contribution < 1.29 is 22.8 Å². The molecule has 1 aliphatic carbocycles. The maximum absolute atomic E-state index is 14.1. The molecular formula is C41H52BrN7O5S. The highest BCUT2D eigenvalue weighted by Gasteiger charge is 2.28. The molecule has 294 valence electrons. The number of carbonyl (C=O) groups is 3. The molecular weight excluding hydrogens is 782 g/mol. The van der Waals surface area contributed by atoms with E-state index in [1.807, 2.05) is 75.4 Å². The molecule has 2 aromatic carbocycles. The fourth-order valence-electron chi connectivity index (χ4n) is 6.74. The van der Waals surface area contributed by atoms with Gasteiger partial charge >= 0.3 is 10.2 Å². The SMILES string of the molecule is C[C@H](CCCC[C@H](Cc1ccccn1)NC(=O)c1cc(C(=O)N[C@H](C)c2ccc(Br)cc2)cc(N2CCCNS2(=O)=O)c1)C(=O)N[C@H](C)C1=CC=C(N)CC1. The first-order valence-electron chi connectivity index (χ1n) is 18.9. The van der Waals surface area contributed by atoms with Gasteiger partial charge in [-0.15, -0.1) is 0 Å². The van der Waals surface area contributed by atoms with Gasteiger partial charge in [-0.2, -0.15) is 13.1 Å². The van der Waals surface area contributed by atoms with Crippen molar-refractivity contribution in [2.45, 2.75) is 90.3 Å². The lowest BCUT2D eigenvalue weighted by molar-refractivity contribution is -0.125. The van der Waals surface area contributed by atoms with Gasteiger partial charge in [-0.05, 0) is 106 Å². The normalized spacial score (nSPS) is 17.5. The van der Waals surface area contributed by atoms with E-state index in [1.54, 1.807) is 6.20 Å². The lowest BCUT2D eigenvalue weighted by Gasteiger charge is -2.29. The average molecular weight is 835 g/mol. The Balaban J connectivity index is 1.29. The van der Waals surface area contributed by atoms with E-state index in [9.17, 15) is 22.8 Å². The lowest BCUT2D eigenvalue weighted by Crippen LogP contribution is -2.47. The molecule has 14 heteroatoms. The zero-order valence-corrected chi connectivity index (χ0v) is 34.1. The number of nitrogens with zero attached hydrogens (tertiary/aromatic N) is 2. The second-order valence-corrected chi connectivity index (χ2v) is 17.0. The van der Waals surface area contributed by atoms with E-state index in [2.05, 4.69) is 41.6 Å². The molecule has 2 aliphatic rings. The second kappa shape index (κ2) is 19.4. The number of nitrogens with one attached hydrogen (secondary N) is 4. The molecule has 5 rings (SSSR count). The van der Waals surface area contributed by atoms with Gasteiger partial charge in [-0.3, -0.25) is 23.7 Å². The van der Waals surface area contributed by atoms with Crippen LogP contribution in [0.1, 0.15) is 104 Å². The first-order valence-corrected chi connectivity index (χ1v) is 21.2. The molecule has 0 radical (unpaired) electrons. The molecule has 0 unspecified atom stereocenters. The summed E-state index contributed by atoms with van der Waals surface area (Å²) in [6, 6.07) is 17.0. The van der Waals surface area contributed by atoms with E-state index in [1.165, 1.54) is 22.5 Å². The van der Waals surface area contributed by atoms with Gasteiger partial charge in [-0.1, -0.05) is 60.0 Å². The van der Waals surface area contributed by atoms with Crippen molar-refractivity contribution in [2.75, 3.05) is 17.4 Å². The number of nitrogens with two attached hydrogens (primary N) is 1. The Morgan fingerprint density at radius 3 is 2.25 bits per heavy atom. The predicted molar refractivity (Wildman–Crippen MR) is 219 cm³/mol. The third-order valence-electron chi connectivity index (χ3n) is 10.1. The van der Waals surface area contributed by atoms with Crippen molar-refractivity contribution in [3.8, 4) is 0 Å². The van der Waals surface area contributed by atoms with Gasteiger partial charge < -0.3 is 21.7 Å². The van der Waals surface area contributed by atoms with Crippen LogP contribution in [-0.4, -0.2) is 56.3 Å². The molecule has 0 saturated carbocycles. The van der Waals surface area contributed by atoms with E-state index in [-0.39, 0.29) is 53.3 Å². The van der Waals surface area contributed by atoms with Crippen LogP contribution in [0.25, 0.3) is 0 Å². The average Bonchev–Trinajstić information content (AvgIpc) is 3.16. The third-order valence-corrected chi connectivity index (χ3v) is 12.2. The number of benzene rings is 2. The third kappa shape index (κ3) is 12.0. The van der Waals surface area contributed by atoms with Crippen LogP contribution < -0.4 is 30.7 Å². The molecule has 1 fully saturated rings. The van der Waals surface area contributed by atoms with Crippen LogP contribution in [0.3, 0.4) is 0 Å². The number of hydrogen-bond donors (Lipinski definition) is 5. The Bertz CT molecular complexity index is 1990. The Labute approximate surface area is 333 Å². The number of allylic oxidation sites excluding steroid dienone is 3. The number of carbonyl (C=O) groups excluding carboxylic acids is 3. The minimum absolute atomic E-state index is 0.00569. The van der Waals surface area contributed by atoms with Gasteiger partial charge in [0.2, 0.25) is 5.91 Å². The Morgan fingerprint density at radius 2 is 1.60 bits per heavy atom. The van der Waals surface area contributed by atoms with Crippen molar-refractivity contribution >= 4 is 49.5 Å². The zero-order valence-electron chi connectivity index (χ0n) is 31.7. The topological polar surface area (TPSA) is 176 Å². The standard InChI is InChI=1S/C41H52BrN7O5S/c1-27(39(50)46-28(2)31-14-18-35(43)19-15-31)9-4-5-11-37(26-36-10-6-7-20-44-36)48-41(52)33-23-32(24-38(25-33)49-22-8-21-45-55(49,53)54)40(51)47-29(3)30-12-16-34(42)17-13-30/h6-7,10,12-14,16-18,20,23-25,27-29,37,45H,4-5,8-9,11,15,19,21-22,26,43H2,1-3H3,(H,46,50)(H,47,51)(H,48,52)/t27-,28-,29-,37-/m1/s1. The largest absolute Gasteiger partial charge is 0.402 e. The van der Waals surface area contributed by atoms with Crippen molar-refractivity contribution in [1.82, 2.24) is 25.7 Å². The Morgan fingerprint density at radius 1 is 0.891 bits per heavy atom. The first kappa shape index (κ1) is 41.6. The van der Waals surface area contributed by atoms with E-state index in [4.69, 9.17) is 5.73 Å². The molecule has 1 aliphatic heterocycles. The van der Waals surface area contributed by atoms with Crippen LogP contribution >= 0.6 is 15.9 Å². The molecule has 3 amide bonds. The summed E-state index contributed by atoms with van der Waals surface area (Å²) in [5.74, 6) is -1.06. The number of amides is 3. The van der Waals surface area contributed by atoms with E-state index in [0.29, 0.717) is 32.2 Å². The van der Waals surface area contributed by atoms with E-state index < -0.39 is 22.0 Å². The number of anilines is 1. The molecule has 0 spiro atoms. The summed E-state index contributed by atoms with van der Waals surface area (Å²) in [5.41, 5.74) is 10.1. The van der Waals surface area contributed by atoms with Gasteiger partial charge in [0, 0.05) is 70.7 Å². The molecule has 6 N–H and O–H groups in total. The predicted octanol–water partition coefficient (Wildman–Crippen LogP) is 5.98. The quantitative estimate of drug-likeness (QED) is 0.110. The van der Waals surface area contributed by atoms with Crippen LogP contribution in [0.4, 0.5) is 5.69 Å². The molecule has 55 heavy (non-hydrogen) atoms. The van der Waals surface area contributed by atoms with Gasteiger partial charge in [-0.25, -0.2) is 0 Å². The van der Waals surface area contributed by atoms with Crippen molar-refractivity contribution in [3.63, 3.8) is 0 Å². The summed E-state index contributed by atoms with van der Waals surface area (Å²) in [6.45, 7) is 6.30. The smallest absolute Gasteiger partial charge is 0.301 e. The minimum Gasteiger partial charge on any atom is -0.402 e. The van der Waals surface area contributed by atoms with Crippen LogP contribution in [0.5, 0.6) is 0 Å². The molecule has 0 bridgehead atoms. The van der Waals surface area contributed by atoms with Gasteiger partial charge in [0.05, 0.1) is 11.7 Å². The maximum Gasteiger partial charge on any atom is 0.301 e.